The molecule has 3 heterocycles. The minimum absolute atomic E-state index is 0.0324. The first-order valence-electron chi connectivity index (χ1n) is 11.3. The van der Waals surface area contributed by atoms with Crippen LogP contribution in [0.4, 0.5) is 5.82 Å². The fourth-order valence-corrected chi connectivity index (χ4v) is 5.64. The van der Waals surface area contributed by atoms with Crippen molar-refractivity contribution in [1.29, 1.82) is 0 Å². The maximum atomic E-state index is 9.18. The Labute approximate surface area is 184 Å². The van der Waals surface area contributed by atoms with Crippen LogP contribution in [0.3, 0.4) is 0 Å². The molecule has 0 unspecified atom stereocenters. The van der Waals surface area contributed by atoms with Gasteiger partial charge in [-0.15, -0.1) is 11.3 Å². The summed E-state index contributed by atoms with van der Waals surface area (Å²) in [7, 11) is 0. The molecule has 0 radical (unpaired) electrons. The lowest BCUT2D eigenvalue weighted by atomic mass is 9.89. The zero-order valence-electron chi connectivity index (χ0n) is 18.3. The predicted octanol–water partition coefficient (Wildman–Crippen LogP) is 3.75. The van der Waals surface area contributed by atoms with Crippen LogP contribution in [0.5, 0.6) is 0 Å². The average molecular weight is 430 g/mol. The van der Waals surface area contributed by atoms with Gasteiger partial charge in [-0.05, 0) is 36.3 Å². The molecule has 6 heteroatoms. The molecule has 0 aliphatic carbocycles. The average Bonchev–Trinajstić information content (AvgIpc) is 3.19. The van der Waals surface area contributed by atoms with Gasteiger partial charge in [-0.3, -0.25) is 4.90 Å². The van der Waals surface area contributed by atoms with E-state index in [1.165, 1.54) is 16.1 Å². The quantitative estimate of drug-likeness (QED) is 0.726. The third-order valence-corrected chi connectivity index (χ3v) is 7.12. The van der Waals surface area contributed by atoms with Crippen molar-refractivity contribution in [3.05, 3.63) is 45.8 Å². The molecule has 0 saturated carbocycles. The summed E-state index contributed by atoms with van der Waals surface area (Å²) in [4.78, 5) is 9.89. The molecule has 1 aromatic carbocycles. The summed E-state index contributed by atoms with van der Waals surface area (Å²) >= 11 is 1.80. The van der Waals surface area contributed by atoms with Crippen LogP contribution in [0.15, 0.2) is 29.6 Å². The van der Waals surface area contributed by atoms with E-state index < -0.39 is 0 Å². The molecule has 0 atom stereocenters. The number of nitrogens with zero attached hydrogens (tertiary/aromatic N) is 3. The molecule has 0 bridgehead atoms. The van der Waals surface area contributed by atoms with Crippen LogP contribution in [0.25, 0.3) is 0 Å². The molecule has 30 heavy (non-hydrogen) atoms. The van der Waals surface area contributed by atoms with Gasteiger partial charge in [0.05, 0.1) is 17.2 Å². The van der Waals surface area contributed by atoms with Crippen molar-refractivity contribution in [3.63, 3.8) is 0 Å². The fourth-order valence-electron chi connectivity index (χ4n) is 4.62. The number of hydrogen-bond donors (Lipinski definition) is 1. The number of morpholine rings is 1. The van der Waals surface area contributed by atoms with Crippen LogP contribution in [-0.2, 0) is 24.1 Å². The molecule has 1 aromatic heterocycles. The van der Waals surface area contributed by atoms with E-state index in [0.717, 1.165) is 70.8 Å². The van der Waals surface area contributed by atoms with Gasteiger partial charge in [0.1, 0.15) is 5.82 Å². The third kappa shape index (κ3) is 5.41. The molecule has 2 aromatic rings. The Morgan fingerprint density at radius 3 is 2.77 bits per heavy atom. The van der Waals surface area contributed by atoms with Gasteiger partial charge in [0.2, 0.25) is 0 Å². The Morgan fingerprint density at radius 2 is 2.00 bits per heavy atom. The summed E-state index contributed by atoms with van der Waals surface area (Å²) in [6, 6.07) is 8.63. The Hall–Kier alpha value is -1.47. The van der Waals surface area contributed by atoms with Crippen LogP contribution in [0.2, 0.25) is 0 Å². The summed E-state index contributed by atoms with van der Waals surface area (Å²) in [5.41, 5.74) is 2.52. The van der Waals surface area contributed by atoms with E-state index in [4.69, 9.17) is 9.72 Å². The summed E-state index contributed by atoms with van der Waals surface area (Å²) in [6.45, 7) is 10.5. The lowest BCUT2D eigenvalue weighted by Crippen LogP contribution is -2.57. The topological polar surface area (TPSA) is 48.8 Å². The molecular weight excluding hydrogens is 394 g/mol. The summed E-state index contributed by atoms with van der Waals surface area (Å²) in [5.74, 6) is 1.79. The van der Waals surface area contributed by atoms with E-state index in [1.54, 1.807) is 11.3 Å². The number of piperidine rings is 1. The van der Waals surface area contributed by atoms with Gasteiger partial charge < -0.3 is 14.7 Å². The minimum Gasteiger partial charge on any atom is -0.396 e. The first-order valence-corrected chi connectivity index (χ1v) is 12.2. The highest BCUT2D eigenvalue weighted by Gasteiger charge is 2.40. The molecule has 0 amide bonds. The van der Waals surface area contributed by atoms with Gasteiger partial charge in [0.15, 0.2) is 0 Å². The van der Waals surface area contributed by atoms with Crippen molar-refractivity contribution < 1.29 is 9.84 Å². The number of anilines is 1. The van der Waals surface area contributed by atoms with Crippen LogP contribution in [-0.4, -0.2) is 60.0 Å². The van der Waals surface area contributed by atoms with E-state index in [2.05, 4.69) is 53.3 Å². The fraction of sp³-hybridized carbons (Fsp3) is 0.625. The molecule has 1 spiro atoms. The highest BCUT2D eigenvalue weighted by atomic mass is 32.1. The summed E-state index contributed by atoms with van der Waals surface area (Å²) < 4.78 is 6.36. The van der Waals surface area contributed by atoms with Gasteiger partial charge >= 0.3 is 0 Å². The lowest BCUT2D eigenvalue weighted by molar-refractivity contribution is -0.0922. The number of likely N-dealkylation sites (tertiary alicyclic amines) is 1. The second-order valence-electron chi connectivity index (χ2n) is 9.22. The van der Waals surface area contributed by atoms with Crippen molar-refractivity contribution in [2.24, 2.45) is 5.92 Å². The largest absolute Gasteiger partial charge is 0.396 e. The number of hydrogen-bond acceptors (Lipinski definition) is 6. The van der Waals surface area contributed by atoms with Crippen molar-refractivity contribution in [2.75, 3.05) is 44.3 Å². The first kappa shape index (κ1) is 21.8. The molecule has 2 saturated heterocycles. The number of benzene rings is 1. The number of thiazole rings is 1. The van der Waals surface area contributed by atoms with Crippen LogP contribution in [0, 0.1) is 5.92 Å². The third-order valence-electron chi connectivity index (χ3n) is 6.26. The van der Waals surface area contributed by atoms with E-state index in [0.29, 0.717) is 5.92 Å². The van der Waals surface area contributed by atoms with Gasteiger partial charge in [-0.25, -0.2) is 4.98 Å². The number of rotatable bonds is 7. The smallest absolute Gasteiger partial charge is 0.140 e. The number of ether oxygens (including phenoxy) is 1. The van der Waals surface area contributed by atoms with E-state index in [9.17, 15) is 5.11 Å². The van der Waals surface area contributed by atoms with Crippen molar-refractivity contribution in [1.82, 2.24) is 9.88 Å². The number of aromatic nitrogens is 1. The standard InChI is InChI=1S/C24H35N3O2S/c1-19(2)14-23-25-22(17-30-23)27-11-13-29-24(18-27)7-9-26(10-8-24)16-21-5-3-4-20(15-21)6-12-28/h3-5,15,17,19,28H,6-14,16,18H2,1-2H3. The molecular formula is C24H35N3O2S. The maximum absolute atomic E-state index is 9.18. The Kier molecular flexibility index (Phi) is 7.08. The predicted molar refractivity (Wildman–Crippen MR) is 123 cm³/mol. The Balaban J connectivity index is 1.33. The van der Waals surface area contributed by atoms with Crippen LogP contribution in [0.1, 0.15) is 42.8 Å². The highest BCUT2D eigenvalue weighted by Crippen LogP contribution is 2.33. The van der Waals surface area contributed by atoms with E-state index >= 15 is 0 Å². The van der Waals surface area contributed by atoms with E-state index in [1.807, 2.05) is 0 Å². The Bertz CT molecular complexity index is 814. The van der Waals surface area contributed by atoms with Gasteiger partial charge in [0.25, 0.3) is 0 Å². The highest BCUT2D eigenvalue weighted by molar-refractivity contribution is 7.10. The summed E-state index contributed by atoms with van der Waals surface area (Å²) in [6.07, 6.45) is 3.94. The SMILES string of the molecule is CC(C)Cc1nc(N2CCOC3(CCN(Cc4cccc(CCO)c4)CC3)C2)cs1. The molecule has 4 rings (SSSR count). The molecule has 1 N–H and O–H groups in total. The first-order chi connectivity index (χ1) is 14.5. The normalized spacial score (nSPS) is 19.7. The van der Waals surface area contributed by atoms with Crippen LogP contribution >= 0.6 is 11.3 Å². The van der Waals surface area contributed by atoms with Crippen molar-refractivity contribution in [3.8, 4) is 0 Å². The summed E-state index contributed by atoms with van der Waals surface area (Å²) in [5, 5.41) is 12.7. The molecule has 5 nitrogen and oxygen atoms in total. The zero-order chi connectivity index (χ0) is 21.0. The van der Waals surface area contributed by atoms with E-state index in [-0.39, 0.29) is 12.2 Å². The molecule has 2 aliphatic rings. The molecule has 2 aliphatic heterocycles. The monoisotopic (exact) mass is 429 g/mol. The second kappa shape index (κ2) is 9.77. The van der Waals surface area contributed by atoms with Gasteiger partial charge in [-0.2, -0.15) is 0 Å². The van der Waals surface area contributed by atoms with Gasteiger partial charge in [0, 0.05) is 51.1 Å². The lowest BCUT2D eigenvalue weighted by Gasteiger charge is -2.47. The van der Waals surface area contributed by atoms with Crippen LogP contribution < -0.4 is 4.90 Å². The Morgan fingerprint density at radius 1 is 1.20 bits per heavy atom. The van der Waals surface area contributed by atoms with Crippen molar-refractivity contribution >= 4 is 17.2 Å². The van der Waals surface area contributed by atoms with Crippen molar-refractivity contribution in [2.45, 2.75) is 51.7 Å². The number of aliphatic hydroxyl groups is 1. The second-order valence-corrected chi connectivity index (χ2v) is 10.2. The van der Waals surface area contributed by atoms with Gasteiger partial charge in [-0.1, -0.05) is 38.1 Å². The minimum atomic E-state index is -0.0324. The zero-order valence-corrected chi connectivity index (χ0v) is 19.2. The maximum Gasteiger partial charge on any atom is 0.140 e. The number of aliphatic hydroxyl groups excluding tert-OH is 1. The molecule has 164 valence electrons. The molecule has 2 fully saturated rings.